The third-order valence-electron chi connectivity index (χ3n) is 4.03. The van der Waals surface area contributed by atoms with Crippen LogP contribution in [0, 0.1) is 6.92 Å². The van der Waals surface area contributed by atoms with Crippen molar-refractivity contribution in [3.8, 4) is 11.3 Å². The normalized spacial score (nSPS) is 10.9. The Bertz CT molecular complexity index is 1020. The predicted octanol–water partition coefficient (Wildman–Crippen LogP) is 4.55. The molecular formula is C20H17N3OS. The topological polar surface area (TPSA) is 46.4 Å². The summed E-state index contributed by atoms with van der Waals surface area (Å²) in [5.74, 6) is -0.0292. The lowest BCUT2D eigenvalue weighted by Gasteiger charge is -2.05. The van der Waals surface area contributed by atoms with Crippen LogP contribution in [0.15, 0.2) is 66.2 Å². The smallest absolute Gasteiger partial charge is 0.230 e. The molecule has 4 aromatic rings. The van der Waals surface area contributed by atoms with Crippen molar-refractivity contribution in [2.24, 2.45) is 0 Å². The molecule has 4 rings (SSSR count). The van der Waals surface area contributed by atoms with Gasteiger partial charge in [-0.25, -0.2) is 4.98 Å². The molecule has 0 aliphatic heterocycles. The zero-order chi connectivity index (χ0) is 17.2. The average molecular weight is 347 g/mol. The Morgan fingerprint density at radius 3 is 2.64 bits per heavy atom. The lowest BCUT2D eigenvalue weighted by atomic mass is 10.2. The van der Waals surface area contributed by atoms with Gasteiger partial charge in [-0.1, -0.05) is 48.0 Å². The van der Waals surface area contributed by atoms with Crippen LogP contribution in [-0.2, 0) is 11.2 Å². The Kier molecular flexibility index (Phi) is 4.07. The van der Waals surface area contributed by atoms with E-state index in [2.05, 4.69) is 10.3 Å². The number of aromatic nitrogens is 2. The first-order valence-electron chi connectivity index (χ1n) is 8.06. The number of thiazole rings is 1. The van der Waals surface area contributed by atoms with Crippen LogP contribution in [0.3, 0.4) is 0 Å². The molecule has 4 nitrogen and oxygen atoms in total. The van der Waals surface area contributed by atoms with Gasteiger partial charge in [-0.3, -0.25) is 9.20 Å². The van der Waals surface area contributed by atoms with Crippen LogP contribution in [0.25, 0.3) is 16.2 Å². The molecule has 25 heavy (non-hydrogen) atoms. The van der Waals surface area contributed by atoms with E-state index in [1.807, 2.05) is 77.5 Å². The number of nitrogens with one attached hydrogen (secondary N) is 1. The number of carbonyl (C=O) groups excluding carboxylic acids is 1. The molecule has 124 valence electrons. The summed E-state index contributed by atoms with van der Waals surface area (Å²) in [5, 5.41) is 4.93. The van der Waals surface area contributed by atoms with Crippen molar-refractivity contribution in [1.29, 1.82) is 0 Å². The second-order valence-corrected chi connectivity index (χ2v) is 6.80. The van der Waals surface area contributed by atoms with Crippen LogP contribution in [-0.4, -0.2) is 15.3 Å². The van der Waals surface area contributed by atoms with Crippen molar-refractivity contribution in [2.45, 2.75) is 13.3 Å². The number of imidazole rings is 1. The van der Waals surface area contributed by atoms with Crippen molar-refractivity contribution in [1.82, 2.24) is 9.38 Å². The molecule has 0 atom stereocenters. The second-order valence-electron chi connectivity index (χ2n) is 5.96. The van der Waals surface area contributed by atoms with E-state index < -0.39 is 0 Å². The van der Waals surface area contributed by atoms with Gasteiger partial charge in [0.05, 0.1) is 12.1 Å². The Morgan fingerprint density at radius 1 is 1.12 bits per heavy atom. The number of anilines is 1. The number of aryl methyl sites for hydroxylation is 1. The van der Waals surface area contributed by atoms with Crippen LogP contribution in [0.1, 0.15) is 11.3 Å². The first-order valence-corrected chi connectivity index (χ1v) is 8.94. The number of fused-ring (bicyclic) bond motifs is 1. The quantitative estimate of drug-likeness (QED) is 0.588. The number of amides is 1. The van der Waals surface area contributed by atoms with Gasteiger partial charge in [-0.15, -0.1) is 11.3 Å². The lowest BCUT2D eigenvalue weighted by molar-refractivity contribution is -0.115. The molecule has 2 aromatic carbocycles. The average Bonchev–Trinajstić information content (AvgIpc) is 3.20. The van der Waals surface area contributed by atoms with E-state index in [0.717, 1.165) is 27.6 Å². The molecule has 0 saturated heterocycles. The molecule has 5 heteroatoms. The number of nitrogens with zero attached hydrogens (tertiary/aromatic N) is 2. The van der Waals surface area contributed by atoms with Crippen molar-refractivity contribution < 1.29 is 4.79 Å². The van der Waals surface area contributed by atoms with Gasteiger partial charge in [-0.05, 0) is 19.1 Å². The number of hydrogen-bond acceptors (Lipinski definition) is 3. The Morgan fingerprint density at radius 2 is 1.88 bits per heavy atom. The summed E-state index contributed by atoms with van der Waals surface area (Å²) >= 11 is 1.55. The highest BCUT2D eigenvalue weighted by Crippen LogP contribution is 2.24. The van der Waals surface area contributed by atoms with Crippen LogP contribution in [0.5, 0.6) is 0 Å². The van der Waals surface area contributed by atoms with Crippen molar-refractivity contribution >= 4 is 27.9 Å². The highest BCUT2D eigenvalue weighted by atomic mass is 32.1. The standard InChI is InChI=1S/C20H17N3OS/c1-14-7-9-16(10-8-14)21-19(24)11-17-13-25-20-22-18(12-23(17)20)15-5-3-2-4-6-15/h2-10,12-13H,11H2,1H3,(H,21,24). The first kappa shape index (κ1) is 15.6. The van der Waals surface area contributed by atoms with Crippen molar-refractivity contribution in [3.05, 3.63) is 77.4 Å². The van der Waals surface area contributed by atoms with E-state index in [0.29, 0.717) is 6.42 Å². The Balaban J connectivity index is 1.54. The summed E-state index contributed by atoms with van der Waals surface area (Å²) in [6.07, 6.45) is 2.31. The molecule has 0 saturated carbocycles. The summed E-state index contributed by atoms with van der Waals surface area (Å²) in [6.45, 7) is 2.02. The SMILES string of the molecule is Cc1ccc(NC(=O)Cc2csc3nc(-c4ccccc4)cn23)cc1. The van der Waals surface area contributed by atoms with Gasteiger partial charge in [-0.2, -0.15) is 0 Å². The van der Waals surface area contributed by atoms with E-state index in [9.17, 15) is 4.79 Å². The lowest BCUT2D eigenvalue weighted by Crippen LogP contribution is -2.15. The summed E-state index contributed by atoms with van der Waals surface area (Å²) in [7, 11) is 0. The zero-order valence-electron chi connectivity index (χ0n) is 13.8. The highest BCUT2D eigenvalue weighted by Gasteiger charge is 2.12. The monoisotopic (exact) mass is 347 g/mol. The molecule has 0 spiro atoms. The van der Waals surface area contributed by atoms with Gasteiger partial charge in [0.15, 0.2) is 4.96 Å². The maximum Gasteiger partial charge on any atom is 0.230 e. The van der Waals surface area contributed by atoms with Crippen LogP contribution in [0.2, 0.25) is 0 Å². The molecule has 0 unspecified atom stereocenters. The van der Waals surface area contributed by atoms with E-state index in [4.69, 9.17) is 0 Å². The van der Waals surface area contributed by atoms with Crippen LogP contribution < -0.4 is 5.32 Å². The molecule has 0 radical (unpaired) electrons. The van der Waals surface area contributed by atoms with E-state index in [-0.39, 0.29) is 5.91 Å². The number of hydrogen-bond donors (Lipinski definition) is 1. The van der Waals surface area contributed by atoms with Gasteiger partial charge < -0.3 is 5.32 Å². The van der Waals surface area contributed by atoms with Crippen molar-refractivity contribution in [3.63, 3.8) is 0 Å². The minimum Gasteiger partial charge on any atom is -0.326 e. The fourth-order valence-corrected chi connectivity index (χ4v) is 3.58. The minimum absolute atomic E-state index is 0.0292. The fourth-order valence-electron chi connectivity index (χ4n) is 2.71. The number of carbonyl (C=O) groups is 1. The minimum atomic E-state index is -0.0292. The highest BCUT2D eigenvalue weighted by molar-refractivity contribution is 7.15. The fraction of sp³-hybridized carbons (Fsp3) is 0.100. The van der Waals surface area contributed by atoms with E-state index in [1.54, 1.807) is 11.3 Å². The number of rotatable bonds is 4. The van der Waals surface area contributed by atoms with Gasteiger partial charge in [0.25, 0.3) is 0 Å². The molecule has 0 bridgehead atoms. The summed E-state index contributed by atoms with van der Waals surface area (Å²) < 4.78 is 2.00. The zero-order valence-corrected chi connectivity index (χ0v) is 14.6. The molecular weight excluding hydrogens is 330 g/mol. The summed E-state index contributed by atoms with van der Waals surface area (Å²) in [4.78, 5) is 17.9. The first-order chi connectivity index (χ1) is 12.2. The second kappa shape index (κ2) is 6.53. The van der Waals surface area contributed by atoms with E-state index >= 15 is 0 Å². The van der Waals surface area contributed by atoms with Crippen LogP contribution in [0.4, 0.5) is 5.69 Å². The maximum absolute atomic E-state index is 12.3. The largest absolute Gasteiger partial charge is 0.326 e. The molecule has 0 aliphatic rings. The number of benzene rings is 2. The predicted molar refractivity (Wildman–Crippen MR) is 102 cm³/mol. The molecule has 0 fully saturated rings. The molecule has 1 amide bonds. The van der Waals surface area contributed by atoms with Gasteiger partial charge in [0.1, 0.15) is 0 Å². The third kappa shape index (κ3) is 3.32. The maximum atomic E-state index is 12.3. The Hall–Kier alpha value is -2.92. The molecule has 0 aliphatic carbocycles. The van der Waals surface area contributed by atoms with E-state index in [1.165, 1.54) is 5.56 Å². The Labute approximate surface area is 149 Å². The summed E-state index contributed by atoms with van der Waals surface area (Å²) in [5.41, 5.74) is 4.93. The van der Waals surface area contributed by atoms with Gasteiger partial charge in [0.2, 0.25) is 5.91 Å². The molecule has 1 N–H and O–H groups in total. The van der Waals surface area contributed by atoms with Crippen molar-refractivity contribution in [2.75, 3.05) is 5.32 Å². The van der Waals surface area contributed by atoms with Gasteiger partial charge in [0, 0.05) is 28.5 Å². The van der Waals surface area contributed by atoms with Crippen LogP contribution >= 0.6 is 11.3 Å². The molecule has 2 heterocycles. The molecule has 2 aromatic heterocycles. The van der Waals surface area contributed by atoms with Gasteiger partial charge >= 0.3 is 0 Å². The third-order valence-corrected chi connectivity index (χ3v) is 4.92. The summed E-state index contributed by atoms with van der Waals surface area (Å²) in [6, 6.07) is 17.9.